The molecule has 2 aromatic rings. The number of nitrogens with zero attached hydrogens (tertiary/aromatic N) is 2. The number of phenolic OH excluding ortho intramolecular Hbond substituents is 1. The largest absolute Gasteiger partial charge is 0.508 e. The lowest BCUT2D eigenvalue weighted by molar-refractivity contribution is -0.144. The van der Waals surface area contributed by atoms with Gasteiger partial charge in [0.1, 0.15) is 11.8 Å². The van der Waals surface area contributed by atoms with Crippen LogP contribution in [0.5, 0.6) is 5.75 Å². The summed E-state index contributed by atoms with van der Waals surface area (Å²) in [5, 5.41) is 19.2. The van der Waals surface area contributed by atoms with Crippen molar-refractivity contribution in [1.29, 1.82) is 0 Å². The van der Waals surface area contributed by atoms with Gasteiger partial charge in [-0.3, -0.25) is 14.5 Å². The number of para-hydroxylation sites is 1. The molecule has 24 heavy (non-hydrogen) atoms. The average molecular weight is 326 g/mol. The lowest BCUT2D eigenvalue weighted by Crippen LogP contribution is -2.52. The normalized spacial score (nSPS) is 16.8. The molecular weight excluding hydrogens is 308 g/mol. The molecule has 0 aliphatic carbocycles. The molecule has 1 aliphatic rings. The number of piperazine rings is 1. The Kier molecular flexibility index (Phi) is 4.48. The molecule has 2 aromatic carbocycles. The maximum Gasteiger partial charge on any atom is 0.325 e. The highest BCUT2D eigenvalue weighted by Gasteiger charge is 2.34. The van der Waals surface area contributed by atoms with Crippen LogP contribution in [-0.4, -0.2) is 46.6 Å². The number of aliphatic carboxylic acids is 1. The highest BCUT2D eigenvalue weighted by atomic mass is 16.4. The number of carbonyl (C=O) groups excluding carboxylic acids is 1. The summed E-state index contributed by atoms with van der Waals surface area (Å²) in [6.07, 6.45) is 0. The number of carboxylic acid groups (broad SMARTS) is 1. The van der Waals surface area contributed by atoms with Gasteiger partial charge in [-0.15, -0.1) is 0 Å². The van der Waals surface area contributed by atoms with Crippen molar-refractivity contribution >= 4 is 17.6 Å². The molecule has 0 aromatic heterocycles. The lowest BCUT2D eigenvalue weighted by atomic mass is 10.0. The number of rotatable bonds is 4. The number of anilines is 1. The second-order valence-electron chi connectivity index (χ2n) is 5.69. The van der Waals surface area contributed by atoms with Gasteiger partial charge in [0.05, 0.1) is 6.54 Å². The van der Waals surface area contributed by atoms with E-state index in [9.17, 15) is 19.8 Å². The molecule has 0 saturated carbocycles. The van der Waals surface area contributed by atoms with Crippen molar-refractivity contribution < 1.29 is 19.8 Å². The van der Waals surface area contributed by atoms with E-state index < -0.39 is 12.0 Å². The van der Waals surface area contributed by atoms with Gasteiger partial charge in [-0.25, -0.2) is 0 Å². The van der Waals surface area contributed by atoms with E-state index in [2.05, 4.69) is 0 Å². The van der Waals surface area contributed by atoms with Crippen LogP contribution in [0, 0.1) is 0 Å². The van der Waals surface area contributed by atoms with E-state index >= 15 is 0 Å². The predicted octanol–water partition coefficient (Wildman–Crippen LogP) is 1.87. The van der Waals surface area contributed by atoms with Crippen molar-refractivity contribution in [2.75, 3.05) is 24.5 Å². The highest BCUT2D eigenvalue weighted by Crippen LogP contribution is 2.27. The molecule has 1 amide bonds. The molecule has 0 radical (unpaired) electrons. The summed E-state index contributed by atoms with van der Waals surface area (Å²) in [6.45, 7) is 0.875. The van der Waals surface area contributed by atoms with Crippen molar-refractivity contribution in [1.82, 2.24) is 4.90 Å². The fourth-order valence-corrected chi connectivity index (χ4v) is 3.00. The third kappa shape index (κ3) is 3.23. The highest BCUT2D eigenvalue weighted by molar-refractivity contribution is 5.96. The summed E-state index contributed by atoms with van der Waals surface area (Å²) in [7, 11) is 0. The van der Waals surface area contributed by atoms with Crippen molar-refractivity contribution in [3.8, 4) is 5.75 Å². The Bertz CT molecular complexity index is 748. The summed E-state index contributed by atoms with van der Waals surface area (Å²) in [6, 6.07) is 14.5. The van der Waals surface area contributed by atoms with Crippen molar-refractivity contribution in [3.63, 3.8) is 0 Å². The molecular formula is C18H18N2O4. The zero-order chi connectivity index (χ0) is 17.1. The zero-order valence-electron chi connectivity index (χ0n) is 13.0. The average Bonchev–Trinajstić information content (AvgIpc) is 2.56. The van der Waals surface area contributed by atoms with Crippen molar-refractivity contribution in [2.24, 2.45) is 0 Å². The summed E-state index contributed by atoms with van der Waals surface area (Å²) >= 11 is 0. The van der Waals surface area contributed by atoms with Crippen LogP contribution in [0.15, 0.2) is 54.6 Å². The van der Waals surface area contributed by atoms with E-state index in [0.29, 0.717) is 18.7 Å². The molecule has 0 spiro atoms. The Hall–Kier alpha value is -2.86. The van der Waals surface area contributed by atoms with Crippen LogP contribution in [0.25, 0.3) is 0 Å². The molecule has 6 nitrogen and oxygen atoms in total. The van der Waals surface area contributed by atoms with Gasteiger partial charge in [-0.05, 0) is 29.8 Å². The standard InChI is InChI=1S/C18H18N2O4/c21-15-8-4-5-13(11-15)17(18(23)24)19-9-10-20(16(22)12-19)14-6-2-1-3-7-14/h1-8,11,17,21H,9-10,12H2,(H,23,24)/t17-/m0/s1. The molecule has 3 rings (SSSR count). The van der Waals surface area contributed by atoms with Crippen LogP contribution in [0.2, 0.25) is 0 Å². The molecule has 1 heterocycles. The molecule has 124 valence electrons. The molecule has 2 N–H and O–H groups in total. The van der Waals surface area contributed by atoms with E-state index in [4.69, 9.17) is 0 Å². The van der Waals surface area contributed by atoms with E-state index in [-0.39, 0.29) is 18.2 Å². The number of aromatic hydroxyl groups is 1. The van der Waals surface area contributed by atoms with E-state index in [1.54, 1.807) is 21.9 Å². The van der Waals surface area contributed by atoms with Gasteiger partial charge >= 0.3 is 5.97 Å². The van der Waals surface area contributed by atoms with Gasteiger partial charge in [0.2, 0.25) is 5.91 Å². The smallest absolute Gasteiger partial charge is 0.325 e. The van der Waals surface area contributed by atoms with Crippen LogP contribution in [-0.2, 0) is 9.59 Å². The maximum atomic E-state index is 12.5. The molecule has 1 aliphatic heterocycles. The van der Waals surface area contributed by atoms with Crippen molar-refractivity contribution in [3.05, 3.63) is 60.2 Å². The topological polar surface area (TPSA) is 81.1 Å². The van der Waals surface area contributed by atoms with E-state index in [0.717, 1.165) is 5.69 Å². The molecule has 0 bridgehead atoms. The lowest BCUT2D eigenvalue weighted by Gasteiger charge is -2.37. The monoisotopic (exact) mass is 326 g/mol. The molecule has 1 atom stereocenters. The third-order valence-electron chi connectivity index (χ3n) is 4.10. The first-order valence-electron chi connectivity index (χ1n) is 7.67. The van der Waals surface area contributed by atoms with Gasteiger partial charge in [0, 0.05) is 18.8 Å². The minimum atomic E-state index is -1.04. The fraction of sp³-hybridized carbons (Fsp3) is 0.222. The minimum Gasteiger partial charge on any atom is -0.508 e. The van der Waals surface area contributed by atoms with Gasteiger partial charge in [-0.2, -0.15) is 0 Å². The number of carboxylic acids is 1. The summed E-state index contributed by atoms with van der Waals surface area (Å²) in [4.78, 5) is 27.5. The number of carbonyl (C=O) groups is 2. The third-order valence-corrected chi connectivity index (χ3v) is 4.10. The second-order valence-corrected chi connectivity index (χ2v) is 5.69. The Labute approximate surface area is 139 Å². The summed E-state index contributed by atoms with van der Waals surface area (Å²) in [5.41, 5.74) is 1.27. The summed E-state index contributed by atoms with van der Waals surface area (Å²) < 4.78 is 0. The Morgan fingerprint density at radius 1 is 1.04 bits per heavy atom. The van der Waals surface area contributed by atoms with Crippen LogP contribution in [0.1, 0.15) is 11.6 Å². The molecule has 1 fully saturated rings. The maximum absolute atomic E-state index is 12.5. The quantitative estimate of drug-likeness (QED) is 0.896. The number of hydrogen-bond donors (Lipinski definition) is 2. The fourth-order valence-electron chi connectivity index (χ4n) is 3.00. The van der Waals surface area contributed by atoms with Gasteiger partial charge in [0.25, 0.3) is 0 Å². The van der Waals surface area contributed by atoms with Gasteiger partial charge < -0.3 is 15.1 Å². The first-order chi connectivity index (χ1) is 11.6. The van der Waals surface area contributed by atoms with Crippen LogP contribution in [0.4, 0.5) is 5.69 Å². The Morgan fingerprint density at radius 2 is 1.79 bits per heavy atom. The van der Waals surface area contributed by atoms with Crippen LogP contribution >= 0.6 is 0 Å². The second kappa shape index (κ2) is 6.72. The number of benzene rings is 2. The minimum absolute atomic E-state index is 0.00741. The predicted molar refractivity (Wildman–Crippen MR) is 88.9 cm³/mol. The first-order valence-corrected chi connectivity index (χ1v) is 7.67. The molecule has 6 heteroatoms. The van der Waals surface area contributed by atoms with Crippen LogP contribution in [0.3, 0.4) is 0 Å². The summed E-state index contributed by atoms with van der Waals surface area (Å²) in [5.74, 6) is -1.17. The van der Waals surface area contributed by atoms with Crippen molar-refractivity contribution in [2.45, 2.75) is 6.04 Å². The number of amides is 1. The zero-order valence-corrected chi connectivity index (χ0v) is 13.0. The number of phenols is 1. The Balaban J connectivity index is 1.80. The Morgan fingerprint density at radius 3 is 2.42 bits per heavy atom. The van der Waals surface area contributed by atoms with E-state index in [1.807, 2.05) is 30.3 Å². The van der Waals surface area contributed by atoms with E-state index in [1.165, 1.54) is 12.1 Å². The molecule has 0 unspecified atom stereocenters. The SMILES string of the molecule is O=C(O)[C@H](c1cccc(O)c1)N1CCN(c2ccccc2)C(=O)C1. The number of hydrogen-bond acceptors (Lipinski definition) is 4. The first kappa shape index (κ1) is 16.0. The van der Waals surface area contributed by atoms with Crippen LogP contribution < -0.4 is 4.90 Å². The molecule has 1 saturated heterocycles. The van der Waals surface area contributed by atoms with Gasteiger partial charge in [-0.1, -0.05) is 30.3 Å². The van der Waals surface area contributed by atoms with Gasteiger partial charge in [0.15, 0.2) is 0 Å².